The molecule has 2 aromatic carbocycles. The second-order valence-corrected chi connectivity index (χ2v) is 8.80. The monoisotopic (exact) mass is 409 g/mol. The molecule has 0 radical (unpaired) electrons. The average molecular weight is 410 g/mol. The van der Waals surface area contributed by atoms with E-state index in [4.69, 9.17) is 0 Å². The van der Waals surface area contributed by atoms with E-state index in [0.29, 0.717) is 28.9 Å². The Labute approximate surface area is 166 Å². The molecule has 146 valence electrons. The van der Waals surface area contributed by atoms with Crippen molar-refractivity contribution < 1.29 is 13.2 Å². The number of nitrogens with zero attached hydrogens (tertiary/aromatic N) is 2. The minimum atomic E-state index is -3.65. The average Bonchev–Trinajstić information content (AvgIpc) is 3.24. The zero-order chi connectivity index (χ0) is 18.5. The van der Waals surface area contributed by atoms with Crippen molar-refractivity contribution in [1.82, 2.24) is 9.62 Å². The Morgan fingerprint density at radius 1 is 1.26 bits per heavy atom. The Hall–Kier alpha value is -1.67. The van der Waals surface area contributed by atoms with Crippen molar-refractivity contribution in [2.75, 3.05) is 31.6 Å². The van der Waals surface area contributed by atoms with Gasteiger partial charge in [-0.15, -0.1) is 12.4 Å². The molecule has 1 N–H and O–H groups in total. The molecule has 1 fully saturated rings. The van der Waals surface area contributed by atoms with Crippen LogP contribution in [0.15, 0.2) is 35.2 Å². The molecule has 8 heteroatoms. The maximum absolute atomic E-state index is 13.5. The number of anilines is 1. The van der Waals surface area contributed by atoms with E-state index < -0.39 is 10.0 Å². The van der Waals surface area contributed by atoms with Crippen LogP contribution in [0, 0.1) is 0 Å². The topological polar surface area (TPSA) is 69.7 Å². The number of rotatable bonds is 5. The summed E-state index contributed by atoms with van der Waals surface area (Å²) in [6.45, 7) is 4.01. The quantitative estimate of drug-likeness (QED) is 0.824. The lowest BCUT2D eigenvalue weighted by Crippen LogP contribution is -2.42. The number of carbonyl (C=O) groups excluding carboxylic acids is 1. The lowest BCUT2D eigenvalue weighted by molar-refractivity contribution is 0.0999. The number of hydrogen-bond donors (Lipinski definition) is 1. The molecule has 27 heavy (non-hydrogen) atoms. The zero-order valence-corrected chi connectivity index (χ0v) is 17.1. The second-order valence-electron chi connectivity index (χ2n) is 6.94. The fraction of sp³-hybridized carbons (Fsp3) is 0.421. The van der Waals surface area contributed by atoms with E-state index in [2.05, 4.69) is 5.32 Å². The largest absolute Gasteiger partial charge is 0.315 e. The predicted octanol–water partition coefficient (Wildman–Crippen LogP) is 2.61. The van der Waals surface area contributed by atoms with Crippen LogP contribution < -0.4 is 10.2 Å². The van der Waals surface area contributed by atoms with E-state index >= 15 is 0 Å². The molecule has 0 spiro atoms. The minimum Gasteiger partial charge on any atom is -0.315 e. The highest BCUT2D eigenvalue weighted by molar-refractivity contribution is 7.89. The van der Waals surface area contributed by atoms with Crippen LogP contribution in [0.1, 0.15) is 30.1 Å². The van der Waals surface area contributed by atoms with E-state index in [0.717, 1.165) is 30.5 Å². The van der Waals surface area contributed by atoms with Crippen LogP contribution in [0.2, 0.25) is 0 Å². The standard InChI is InChI=1S/C19H23N3O3S.ClH/c1-3-11-22(13-9-10-20-12-13)26(24,25)17-8-7-16-18-14(17)5-4-6-15(18)19(23)21(16)2;/h4-8,13,20H,3,9-12H2,1-2H3;1H. The van der Waals surface area contributed by atoms with Gasteiger partial charge in [0, 0.05) is 42.5 Å². The first kappa shape index (κ1) is 20.1. The second kappa shape index (κ2) is 7.39. The van der Waals surface area contributed by atoms with Crippen LogP contribution in [-0.4, -0.2) is 51.4 Å². The number of carbonyl (C=O) groups is 1. The normalized spacial score (nSPS) is 19.1. The van der Waals surface area contributed by atoms with E-state index in [-0.39, 0.29) is 24.4 Å². The third kappa shape index (κ3) is 3.02. The number of halogens is 1. The van der Waals surface area contributed by atoms with Crippen LogP contribution in [0.5, 0.6) is 0 Å². The van der Waals surface area contributed by atoms with Crippen molar-refractivity contribution in [1.29, 1.82) is 0 Å². The third-order valence-corrected chi connectivity index (χ3v) is 7.36. The van der Waals surface area contributed by atoms with Gasteiger partial charge < -0.3 is 10.2 Å². The highest BCUT2D eigenvalue weighted by Crippen LogP contribution is 2.40. The molecule has 0 saturated carbocycles. The van der Waals surface area contributed by atoms with E-state index in [1.54, 1.807) is 46.6 Å². The van der Waals surface area contributed by atoms with Gasteiger partial charge in [-0.2, -0.15) is 4.31 Å². The summed E-state index contributed by atoms with van der Waals surface area (Å²) in [6, 6.07) is 8.71. The van der Waals surface area contributed by atoms with Crippen molar-refractivity contribution in [2.45, 2.75) is 30.7 Å². The molecule has 1 saturated heterocycles. The minimum absolute atomic E-state index is 0. The first-order valence-corrected chi connectivity index (χ1v) is 10.5. The fourth-order valence-electron chi connectivity index (χ4n) is 4.07. The molecule has 2 heterocycles. The molecule has 1 amide bonds. The number of nitrogens with one attached hydrogen (secondary N) is 1. The third-order valence-electron chi connectivity index (χ3n) is 5.35. The molecule has 2 aromatic rings. The Bertz CT molecular complexity index is 987. The van der Waals surface area contributed by atoms with Gasteiger partial charge in [-0.25, -0.2) is 8.42 Å². The molecule has 6 nitrogen and oxygen atoms in total. The van der Waals surface area contributed by atoms with Gasteiger partial charge in [0.2, 0.25) is 10.0 Å². The van der Waals surface area contributed by atoms with Gasteiger partial charge >= 0.3 is 0 Å². The maximum Gasteiger partial charge on any atom is 0.258 e. The molecule has 4 rings (SSSR count). The van der Waals surface area contributed by atoms with Crippen LogP contribution in [0.4, 0.5) is 5.69 Å². The van der Waals surface area contributed by atoms with Crippen molar-refractivity contribution in [3.63, 3.8) is 0 Å². The SMILES string of the molecule is CCCN(C1CCNC1)S(=O)(=O)c1ccc2c3c(cccc13)C(=O)N2C.Cl. The Morgan fingerprint density at radius 3 is 2.70 bits per heavy atom. The molecular weight excluding hydrogens is 386 g/mol. The molecule has 1 unspecified atom stereocenters. The molecule has 0 aromatic heterocycles. The maximum atomic E-state index is 13.5. The molecule has 2 aliphatic heterocycles. The smallest absolute Gasteiger partial charge is 0.258 e. The summed E-state index contributed by atoms with van der Waals surface area (Å²) in [4.78, 5) is 14.3. The van der Waals surface area contributed by atoms with Crippen molar-refractivity contribution in [3.8, 4) is 0 Å². The van der Waals surface area contributed by atoms with E-state index in [1.165, 1.54) is 0 Å². The predicted molar refractivity (Wildman–Crippen MR) is 109 cm³/mol. The Morgan fingerprint density at radius 2 is 2.04 bits per heavy atom. The summed E-state index contributed by atoms with van der Waals surface area (Å²) in [5.74, 6) is -0.0921. The van der Waals surface area contributed by atoms with Crippen LogP contribution in [0.25, 0.3) is 10.8 Å². The van der Waals surface area contributed by atoms with Gasteiger partial charge in [0.25, 0.3) is 5.91 Å². The van der Waals surface area contributed by atoms with Crippen molar-refractivity contribution >= 4 is 44.8 Å². The lowest BCUT2D eigenvalue weighted by Gasteiger charge is -2.28. The van der Waals surface area contributed by atoms with Gasteiger partial charge in [0.05, 0.1) is 10.6 Å². The van der Waals surface area contributed by atoms with Crippen molar-refractivity contribution in [2.24, 2.45) is 0 Å². The fourth-order valence-corrected chi connectivity index (χ4v) is 6.00. The Balaban J connectivity index is 0.00000210. The molecule has 0 bridgehead atoms. The highest BCUT2D eigenvalue weighted by Gasteiger charge is 2.36. The zero-order valence-electron chi connectivity index (χ0n) is 15.4. The summed E-state index contributed by atoms with van der Waals surface area (Å²) >= 11 is 0. The number of benzene rings is 2. The number of hydrogen-bond acceptors (Lipinski definition) is 4. The highest BCUT2D eigenvalue weighted by atomic mass is 35.5. The van der Waals surface area contributed by atoms with Crippen molar-refractivity contribution in [3.05, 3.63) is 35.9 Å². The number of amides is 1. The molecule has 2 aliphatic rings. The molecule has 0 aliphatic carbocycles. The van der Waals surface area contributed by atoms with Crippen LogP contribution in [-0.2, 0) is 10.0 Å². The van der Waals surface area contributed by atoms with Crippen LogP contribution in [0.3, 0.4) is 0 Å². The Kier molecular flexibility index (Phi) is 5.49. The van der Waals surface area contributed by atoms with Gasteiger partial charge in [-0.1, -0.05) is 19.1 Å². The summed E-state index contributed by atoms with van der Waals surface area (Å²) in [5.41, 5.74) is 1.34. The summed E-state index contributed by atoms with van der Waals surface area (Å²) in [6.07, 6.45) is 1.58. The van der Waals surface area contributed by atoms with Gasteiger partial charge in [-0.3, -0.25) is 4.79 Å². The summed E-state index contributed by atoms with van der Waals surface area (Å²) in [5, 5.41) is 4.62. The van der Waals surface area contributed by atoms with Gasteiger partial charge in [-0.05, 0) is 37.6 Å². The summed E-state index contributed by atoms with van der Waals surface area (Å²) in [7, 11) is -1.93. The molecular formula is C19H24ClN3O3S. The first-order chi connectivity index (χ1) is 12.5. The lowest BCUT2D eigenvalue weighted by atomic mass is 10.1. The summed E-state index contributed by atoms with van der Waals surface area (Å²) < 4.78 is 28.7. The van der Waals surface area contributed by atoms with E-state index in [9.17, 15) is 13.2 Å². The van der Waals surface area contributed by atoms with Gasteiger partial charge in [0.15, 0.2) is 0 Å². The van der Waals surface area contributed by atoms with Gasteiger partial charge in [0.1, 0.15) is 0 Å². The van der Waals surface area contributed by atoms with E-state index in [1.807, 2.05) is 6.92 Å². The molecule has 1 atom stereocenters. The number of sulfonamides is 1. The van der Waals surface area contributed by atoms with Crippen LogP contribution >= 0.6 is 12.4 Å². The first-order valence-electron chi connectivity index (χ1n) is 9.03.